The van der Waals surface area contributed by atoms with Crippen molar-refractivity contribution in [3.63, 3.8) is 0 Å². The van der Waals surface area contributed by atoms with E-state index in [1.807, 2.05) is 12.1 Å². The molecule has 2 nitrogen and oxygen atoms in total. The van der Waals surface area contributed by atoms with E-state index in [1.165, 1.54) is 0 Å². The average molecular weight is 924 g/mol. The van der Waals surface area contributed by atoms with Gasteiger partial charge in [0.15, 0.2) is 16.1 Å². The number of benzene rings is 10. The van der Waals surface area contributed by atoms with Crippen LogP contribution in [0.1, 0.15) is 0 Å². The SMILES string of the molecule is Oc1c([Si](c2ccccc2)(c2ccccc2)c2ccccc2)cc2ccccc2c1-c1c(O)c([Si](c2ccccc2)(c2ccccc2)c2ccccc2)cc2ccccc12.[CH3-].[CH3-].[Zr+2]. The second-order valence-corrected chi connectivity index (χ2v) is 23.0. The monoisotopic (exact) mass is 922 g/mol. The van der Waals surface area contributed by atoms with Crippen LogP contribution in [-0.4, -0.2) is 26.4 Å². The number of aromatic hydroxyl groups is 2. The third kappa shape index (κ3) is 7.34. The van der Waals surface area contributed by atoms with Crippen LogP contribution in [-0.2, 0) is 26.2 Å². The van der Waals surface area contributed by atoms with E-state index in [-0.39, 0.29) is 52.6 Å². The molecular weight excluding hydrogens is 876 g/mol. The number of phenolic OH excluding ortho intramolecular Hbond substituents is 2. The van der Waals surface area contributed by atoms with Crippen LogP contribution in [0.3, 0.4) is 0 Å². The first-order valence-electron chi connectivity index (χ1n) is 20.5. The van der Waals surface area contributed by atoms with Gasteiger partial charge < -0.3 is 25.1 Å². The van der Waals surface area contributed by atoms with E-state index in [0.717, 1.165) is 63.0 Å². The zero-order valence-corrected chi connectivity index (χ0v) is 39.9. The van der Waals surface area contributed by atoms with Crippen molar-refractivity contribution in [1.29, 1.82) is 0 Å². The molecule has 0 spiro atoms. The topological polar surface area (TPSA) is 40.5 Å². The van der Waals surface area contributed by atoms with Crippen molar-refractivity contribution < 1.29 is 36.4 Å². The summed E-state index contributed by atoms with van der Waals surface area (Å²) in [7, 11) is -6.48. The fraction of sp³-hybridized carbons (Fsp3) is 0. The van der Waals surface area contributed by atoms with E-state index in [2.05, 4.69) is 231 Å². The fourth-order valence-electron chi connectivity index (χ4n) is 9.81. The van der Waals surface area contributed by atoms with Gasteiger partial charge in [0, 0.05) is 11.1 Å². The largest absolute Gasteiger partial charge is 2.00 e. The number of phenols is 2. The first kappa shape index (κ1) is 44.7. The molecule has 0 aliphatic carbocycles. The second kappa shape index (κ2) is 18.9. The summed E-state index contributed by atoms with van der Waals surface area (Å²) in [5.74, 6) is 0.363. The summed E-state index contributed by atoms with van der Waals surface area (Å²) >= 11 is 0. The minimum Gasteiger partial charge on any atom is -0.507 e. The van der Waals surface area contributed by atoms with Crippen LogP contribution in [0.4, 0.5) is 0 Å². The molecule has 2 N–H and O–H groups in total. The molecule has 304 valence electrons. The van der Waals surface area contributed by atoms with Gasteiger partial charge >= 0.3 is 26.2 Å². The van der Waals surface area contributed by atoms with Crippen LogP contribution in [0, 0.1) is 14.9 Å². The van der Waals surface area contributed by atoms with Crippen molar-refractivity contribution in [3.8, 4) is 22.6 Å². The first-order chi connectivity index (χ1) is 29.6. The molecule has 0 amide bonds. The molecule has 0 aliphatic rings. The minimum atomic E-state index is -3.24. The molecule has 0 aliphatic heterocycles. The van der Waals surface area contributed by atoms with Crippen molar-refractivity contribution in [2.45, 2.75) is 0 Å². The maximum absolute atomic E-state index is 13.6. The third-order valence-electron chi connectivity index (χ3n) is 12.3. The van der Waals surface area contributed by atoms with E-state index in [1.54, 1.807) is 0 Å². The molecule has 5 heteroatoms. The van der Waals surface area contributed by atoms with Crippen molar-refractivity contribution in [3.05, 3.63) is 258 Å². The van der Waals surface area contributed by atoms with Gasteiger partial charge in [-0.05, 0) is 63.0 Å². The van der Waals surface area contributed by atoms with Crippen molar-refractivity contribution >= 4 is 79.2 Å². The molecule has 0 saturated heterocycles. The molecule has 0 aromatic heterocycles. The van der Waals surface area contributed by atoms with Crippen LogP contribution >= 0.6 is 0 Å². The van der Waals surface area contributed by atoms with Crippen LogP contribution in [0.25, 0.3) is 32.7 Å². The standard InChI is InChI=1S/C56H42O2Si2.2CH3.Zr/c57-55-51(59(43-25-7-1-8-26-43,44-27-9-2-10-28-44)45-29-11-3-12-30-45)39-41-23-19-21-37-49(41)53(55)54-50-38-22-20-24-42(50)40-52(56(54)58)60(46-31-13-4-14-32-46,47-33-15-5-16-34-47)48-35-17-6-18-36-48;;;/h1-40,57-58H;2*1H3;/q;2*-1;+2. The van der Waals surface area contributed by atoms with E-state index in [9.17, 15) is 10.2 Å². The van der Waals surface area contributed by atoms with E-state index in [0.29, 0.717) is 11.1 Å². The molecule has 0 unspecified atom stereocenters. The summed E-state index contributed by atoms with van der Waals surface area (Å²) < 4.78 is 0. The summed E-state index contributed by atoms with van der Waals surface area (Å²) in [4.78, 5) is 0. The molecule has 0 heterocycles. The Kier molecular flexibility index (Phi) is 13.4. The smallest absolute Gasteiger partial charge is 0.507 e. The van der Waals surface area contributed by atoms with Crippen molar-refractivity contribution in [1.82, 2.24) is 0 Å². The molecule has 0 radical (unpaired) electrons. The molecule has 10 aromatic carbocycles. The predicted octanol–water partition coefficient (Wildman–Crippen LogP) is 8.72. The van der Waals surface area contributed by atoms with Gasteiger partial charge in [-0.3, -0.25) is 0 Å². The molecule has 0 bridgehead atoms. The zero-order valence-electron chi connectivity index (χ0n) is 35.5. The van der Waals surface area contributed by atoms with Crippen LogP contribution in [0.5, 0.6) is 11.5 Å². The number of rotatable bonds is 9. The first-order valence-corrected chi connectivity index (χ1v) is 24.5. The molecule has 63 heavy (non-hydrogen) atoms. The van der Waals surface area contributed by atoms with Gasteiger partial charge in [-0.2, -0.15) is 0 Å². The van der Waals surface area contributed by atoms with Crippen LogP contribution in [0.15, 0.2) is 243 Å². The summed E-state index contributed by atoms with van der Waals surface area (Å²) in [6.07, 6.45) is 0. The number of hydrogen-bond acceptors (Lipinski definition) is 2. The normalized spacial score (nSPS) is 11.2. The molecule has 10 rings (SSSR count). The van der Waals surface area contributed by atoms with Gasteiger partial charge in [-0.25, -0.2) is 0 Å². The second-order valence-electron chi connectivity index (χ2n) is 15.4. The quantitative estimate of drug-likeness (QED) is 0.0865. The average Bonchev–Trinajstić information content (AvgIpc) is 3.32. The van der Waals surface area contributed by atoms with E-state index in [4.69, 9.17) is 0 Å². The molecular formula is C58H48O2Si2Zr. The summed E-state index contributed by atoms with van der Waals surface area (Å²) in [5, 5.41) is 39.7. The van der Waals surface area contributed by atoms with Gasteiger partial charge in [-0.1, -0.05) is 243 Å². The fourth-order valence-corrected chi connectivity index (χ4v) is 19.5. The Hall–Kier alpha value is -6.36. The molecule has 0 fully saturated rings. The Morgan fingerprint density at radius 1 is 0.270 bits per heavy atom. The summed E-state index contributed by atoms with van der Waals surface area (Å²) in [5.41, 5.74) is 1.27. The van der Waals surface area contributed by atoms with Gasteiger partial charge in [0.1, 0.15) is 11.5 Å². The van der Waals surface area contributed by atoms with Crippen LogP contribution in [0.2, 0.25) is 0 Å². The Morgan fingerprint density at radius 2 is 0.476 bits per heavy atom. The zero-order chi connectivity index (χ0) is 40.5. The van der Waals surface area contributed by atoms with E-state index >= 15 is 0 Å². The van der Waals surface area contributed by atoms with Gasteiger partial charge in [0.05, 0.1) is 0 Å². The predicted molar refractivity (Wildman–Crippen MR) is 270 cm³/mol. The number of hydrogen-bond donors (Lipinski definition) is 2. The summed E-state index contributed by atoms with van der Waals surface area (Å²) in [6.45, 7) is 0. The Morgan fingerprint density at radius 3 is 0.714 bits per heavy atom. The molecule has 10 aromatic rings. The Bertz CT molecular complexity index is 2690. The van der Waals surface area contributed by atoms with Crippen LogP contribution < -0.4 is 41.5 Å². The van der Waals surface area contributed by atoms with Crippen molar-refractivity contribution in [2.75, 3.05) is 0 Å². The molecule has 0 atom stereocenters. The minimum absolute atomic E-state index is 0. The van der Waals surface area contributed by atoms with Gasteiger partial charge in [-0.15, -0.1) is 0 Å². The van der Waals surface area contributed by atoms with E-state index < -0.39 is 16.1 Å². The number of fused-ring (bicyclic) bond motifs is 2. The Balaban J connectivity index is 0.00000198. The Labute approximate surface area is 393 Å². The van der Waals surface area contributed by atoms with Crippen molar-refractivity contribution in [2.24, 2.45) is 0 Å². The van der Waals surface area contributed by atoms with Gasteiger partial charge in [0.2, 0.25) is 0 Å². The third-order valence-corrected chi connectivity index (χ3v) is 21.9. The maximum Gasteiger partial charge on any atom is 2.00 e. The summed E-state index contributed by atoms with van der Waals surface area (Å²) in [6, 6.07) is 85.2. The van der Waals surface area contributed by atoms with Gasteiger partial charge in [0.25, 0.3) is 0 Å². The maximum atomic E-state index is 13.6. The molecule has 0 saturated carbocycles.